The van der Waals surface area contributed by atoms with Crippen molar-refractivity contribution in [3.8, 4) is 0 Å². The number of piperidine rings is 1. The lowest BCUT2D eigenvalue weighted by Crippen LogP contribution is -2.51. The van der Waals surface area contributed by atoms with E-state index in [4.69, 9.17) is 0 Å². The van der Waals surface area contributed by atoms with Crippen molar-refractivity contribution in [2.45, 2.75) is 46.6 Å². The molecule has 0 spiro atoms. The molecule has 0 saturated carbocycles. The third-order valence-electron chi connectivity index (χ3n) is 4.81. The number of hydrogen-bond donors (Lipinski definition) is 3. The summed E-state index contributed by atoms with van der Waals surface area (Å²) in [6.07, 6.45) is 2.13. The summed E-state index contributed by atoms with van der Waals surface area (Å²) < 4.78 is 13.4. The van der Waals surface area contributed by atoms with E-state index in [0.29, 0.717) is 13.1 Å². The van der Waals surface area contributed by atoms with Gasteiger partial charge < -0.3 is 20.9 Å². The first-order valence-corrected chi connectivity index (χ1v) is 10.2. The molecule has 1 aliphatic rings. The standard InChI is InChI=1S/C21H34FN5O/c1-5-23-21(25-11-10-24-20(28)15(2)3)26-18-7-6-12-27(14-18)19-9-8-17(22)13-16(19)4/h8-9,13,15,18H,5-7,10-12,14H2,1-4H3,(H,24,28)(H2,23,25,26). The molecule has 1 unspecified atom stereocenters. The van der Waals surface area contributed by atoms with E-state index in [1.54, 1.807) is 6.07 Å². The largest absolute Gasteiger partial charge is 0.369 e. The summed E-state index contributed by atoms with van der Waals surface area (Å²) in [6.45, 7) is 11.4. The number of nitrogens with zero attached hydrogens (tertiary/aromatic N) is 2. The Kier molecular flexibility index (Phi) is 8.54. The van der Waals surface area contributed by atoms with Gasteiger partial charge in [0, 0.05) is 43.8 Å². The zero-order valence-electron chi connectivity index (χ0n) is 17.5. The zero-order valence-corrected chi connectivity index (χ0v) is 17.5. The van der Waals surface area contributed by atoms with Crippen molar-refractivity contribution < 1.29 is 9.18 Å². The van der Waals surface area contributed by atoms with Gasteiger partial charge in [-0.15, -0.1) is 0 Å². The van der Waals surface area contributed by atoms with Crippen LogP contribution in [0.15, 0.2) is 23.2 Å². The number of guanidine groups is 1. The lowest BCUT2D eigenvalue weighted by atomic mass is 10.0. The Morgan fingerprint density at radius 3 is 2.82 bits per heavy atom. The summed E-state index contributed by atoms with van der Waals surface area (Å²) in [5, 5.41) is 9.66. The molecule has 1 fully saturated rings. The quantitative estimate of drug-likeness (QED) is 0.379. The van der Waals surface area contributed by atoms with Crippen LogP contribution in [-0.2, 0) is 4.79 Å². The maximum absolute atomic E-state index is 13.4. The van der Waals surface area contributed by atoms with Crippen LogP contribution in [-0.4, -0.2) is 50.6 Å². The van der Waals surface area contributed by atoms with E-state index in [2.05, 4.69) is 25.8 Å². The highest BCUT2D eigenvalue weighted by Crippen LogP contribution is 2.24. The number of anilines is 1. The molecule has 1 amide bonds. The van der Waals surface area contributed by atoms with Gasteiger partial charge in [0.05, 0.1) is 6.54 Å². The number of nitrogens with one attached hydrogen (secondary N) is 3. The molecule has 0 aromatic heterocycles. The number of amides is 1. The van der Waals surface area contributed by atoms with E-state index in [0.717, 1.165) is 49.7 Å². The van der Waals surface area contributed by atoms with E-state index in [1.165, 1.54) is 6.07 Å². The number of hydrogen-bond acceptors (Lipinski definition) is 3. The van der Waals surface area contributed by atoms with Crippen LogP contribution in [0.5, 0.6) is 0 Å². The molecule has 6 nitrogen and oxygen atoms in total. The molecule has 1 heterocycles. The Balaban J connectivity index is 1.92. The fourth-order valence-electron chi connectivity index (χ4n) is 3.35. The van der Waals surface area contributed by atoms with Gasteiger partial charge in [-0.25, -0.2) is 4.39 Å². The average molecular weight is 392 g/mol. The summed E-state index contributed by atoms with van der Waals surface area (Å²) in [6, 6.07) is 5.24. The van der Waals surface area contributed by atoms with Crippen molar-refractivity contribution >= 4 is 17.6 Å². The Morgan fingerprint density at radius 2 is 2.14 bits per heavy atom. The summed E-state index contributed by atoms with van der Waals surface area (Å²) in [4.78, 5) is 18.5. The first-order chi connectivity index (χ1) is 13.4. The third kappa shape index (κ3) is 6.69. The molecule has 156 valence electrons. The van der Waals surface area contributed by atoms with Crippen molar-refractivity contribution in [2.24, 2.45) is 10.9 Å². The summed E-state index contributed by atoms with van der Waals surface area (Å²) in [5.41, 5.74) is 2.05. The number of rotatable bonds is 7. The third-order valence-corrected chi connectivity index (χ3v) is 4.81. The molecule has 28 heavy (non-hydrogen) atoms. The van der Waals surface area contributed by atoms with Crippen LogP contribution in [0.4, 0.5) is 10.1 Å². The Bertz CT molecular complexity index is 677. The van der Waals surface area contributed by atoms with Gasteiger partial charge in [0.2, 0.25) is 5.91 Å². The fraction of sp³-hybridized carbons (Fsp3) is 0.619. The normalized spacial score (nSPS) is 17.6. The molecule has 7 heteroatoms. The van der Waals surface area contributed by atoms with Crippen LogP contribution in [0.3, 0.4) is 0 Å². The zero-order chi connectivity index (χ0) is 20.5. The van der Waals surface area contributed by atoms with Gasteiger partial charge in [-0.3, -0.25) is 9.79 Å². The first kappa shape index (κ1) is 22.0. The predicted molar refractivity (Wildman–Crippen MR) is 113 cm³/mol. The SMILES string of the molecule is CCNC(=NCCNC(=O)C(C)C)NC1CCCN(c2ccc(F)cc2C)C1. The van der Waals surface area contributed by atoms with Crippen molar-refractivity contribution in [3.05, 3.63) is 29.6 Å². The second-order valence-electron chi connectivity index (χ2n) is 7.57. The molecular formula is C21H34FN5O. The molecule has 0 bridgehead atoms. The van der Waals surface area contributed by atoms with Gasteiger partial charge in [0.25, 0.3) is 0 Å². The van der Waals surface area contributed by atoms with Gasteiger partial charge in [-0.05, 0) is 50.5 Å². The van der Waals surface area contributed by atoms with Gasteiger partial charge in [-0.1, -0.05) is 13.8 Å². The smallest absolute Gasteiger partial charge is 0.222 e. The summed E-state index contributed by atoms with van der Waals surface area (Å²) in [5.74, 6) is 0.604. The van der Waals surface area contributed by atoms with Gasteiger partial charge in [0.1, 0.15) is 5.82 Å². The van der Waals surface area contributed by atoms with E-state index in [9.17, 15) is 9.18 Å². The minimum Gasteiger partial charge on any atom is -0.369 e. The Hall–Kier alpha value is -2.31. The van der Waals surface area contributed by atoms with Crippen LogP contribution in [0.25, 0.3) is 0 Å². The molecule has 1 saturated heterocycles. The van der Waals surface area contributed by atoms with E-state index in [1.807, 2.05) is 33.8 Å². The highest BCUT2D eigenvalue weighted by molar-refractivity contribution is 5.80. The number of aliphatic imine (C=N–C) groups is 1. The number of carbonyl (C=O) groups is 1. The minimum absolute atomic E-state index is 0.0153. The fourth-order valence-corrected chi connectivity index (χ4v) is 3.35. The van der Waals surface area contributed by atoms with Gasteiger partial charge in [-0.2, -0.15) is 0 Å². The molecule has 3 N–H and O–H groups in total. The van der Waals surface area contributed by atoms with E-state index in [-0.39, 0.29) is 23.7 Å². The minimum atomic E-state index is -0.195. The summed E-state index contributed by atoms with van der Waals surface area (Å²) >= 11 is 0. The topological polar surface area (TPSA) is 68.8 Å². The maximum Gasteiger partial charge on any atom is 0.222 e. The molecule has 1 atom stereocenters. The average Bonchev–Trinajstić information content (AvgIpc) is 2.65. The van der Waals surface area contributed by atoms with Crippen molar-refractivity contribution in [1.82, 2.24) is 16.0 Å². The first-order valence-electron chi connectivity index (χ1n) is 10.2. The van der Waals surface area contributed by atoms with Crippen LogP contribution in [0.1, 0.15) is 39.2 Å². The molecule has 2 rings (SSSR count). The molecular weight excluding hydrogens is 357 g/mol. The van der Waals surface area contributed by atoms with E-state index < -0.39 is 0 Å². The molecule has 1 aromatic rings. The Labute approximate surface area is 168 Å². The second kappa shape index (κ2) is 10.9. The van der Waals surface area contributed by atoms with Crippen molar-refractivity contribution in [3.63, 3.8) is 0 Å². The monoisotopic (exact) mass is 391 g/mol. The maximum atomic E-state index is 13.4. The molecule has 0 radical (unpaired) electrons. The predicted octanol–water partition coefficient (Wildman–Crippen LogP) is 2.43. The van der Waals surface area contributed by atoms with Crippen LogP contribution < -0.4 is 20.9 Å². The van der Waals surface area contributed by atoms with Crippen molar-refractivity contribution in [2.75, 3.05) is 37.6 Å². The van der Waals surface area contributed by atoms with Crippen LogP contribution in [0, 0.1) is 18.7 Å². The lowest BCUT2D eigenvalue weighted by molar-refractivity contribution is -0.123. The highest BCUT2D eigenvalue weighted by Gasteiger charge is 2.22. The highest BCUT2D eigenvalue weighted by atomic mass is 19.1. The molecule has 1 aliphatic heterocycles. The van der Waals surface area contributed by atoms with Gasteiger partial charge in [0.15, 0.2) is 5.96 Å². The van der Waals surface area contributed by atoms with E-state index >= 15 is 0 Å². The molecule has 0 aliphatic carbocycles. The van der Waals surface area contributed by atoms with Crippen LogP contribution >= 0.6 is 0 Å². The lowest BCUT2D eigenvalue weighted by Gasteiger charge is -2.36. The van der Waals surface area contributed by atoms with Crippen molar-refractivity contribution in [1.29, 1.82) is 0 Å². The number of benzene rings is 1. The summed E-state index contributed by atoms with van der Waals surface area (Å²) in [7, 11) is 0. The second-order valence-corrected chi connectivity index (χ2v) is 7.57. The Morgan fingerprint density at radius 1 is 1.36 bits per heavy atom. The number of aryl methyl sites for hydroxylation is 1. The number of carbonyl (C=O) groups excluding carboxylic acids is 1. The van der Waals surface area contributed by atoms with Gasteiger partial charge >= 0.3 is 0 Å². The van der Waals surface area contributed by atoms with Crippen LogP contribution in [0.2, 0.25) is 0 Å². The molecule has 1 aromatic carbocycles. The number of halogens is 1.